The molecular formula is C27H40O21. The van der Waals surface area contributed by atoms with Crippen molar-refractivity contribution in [3.8, 4) is 0 Å². The van der Waals surface area contributed by atoms with Crippen LogP contribution in [0.2, 0.25) is 0 Å². The van der Waals surface area contributed by atoms with Crippen molar-refractivity contribution in [2.75, 3.05) is 26.4 Å². The van der Waals surface area contributed by atoms with E-state index in [0.717, 1.165) is 6.92 Å². The third kappa shape index (κ3) is 5.96. The van der Waals surface area contributed by atoms with Gasteiger partial charge in [-0.15, -0.1) is 0 Å². The number of aliphatic hydroxyl groups excluding tert-OH is 8. The lowest BCUT2D eigenvalue weighted by Crippen LogP contribution is -2.69. The first-order valence-electron chi connectivity index (χ1n) is 15.5. The Morgan fingerprint density at radius 3 is 1.94 bits per heavy atom. The first-order chi connectivity index (χ1) is 22.8. The van der Waals surface area contributed by atoms with Crippen LogP contribution in [-0.4, -0.2) is 207 Å². The van der Waals surface area contributed by atoms with Gasteiger partial charge in [0.2, 0.25) is 0 Å². The molecule has 7 aliphatic heterocycles. The molecule has 0 aromatic carbocycles. The molecule has 21 heteroatoms. The fourth-order valence-electron chi connectivity index (χ4n) is 7.04. The van der Waals surface area contributed by atoms with E-state index in [1.807, 2.05) is 0 Å². The van der Waals surface area contributed by atoms with Crippen molar-refractivity contribution in [3.63, 3.8) is 0 Å². The fourth-order valence-corrected chi connectivity index (χ4v) is 7.04. The summed E-state index contributed by atoms with van der Waals surface area (Å²) < 4.78 is 62.4. The van der Waals surface area contributed by atoms with Crippen LogP contribution in [0.5, 0.6) is 0 Å². The van der Waals surface area contributed by atoms with Crippen molar-refractivity contribution in [3.05, 3.63) is 0 Å². The van der Waals surface area contributed by atoms with Crippen LogP contribution < -0.4 is 0 Å². The van der Waals surface area contributed by atoms with E-state index < -0.39 is 141 Å². The number of hydrogen-bond acceptors (Lipinski definition) is 20. The van der Waals surface area contributed by atoms with Crippen LogP contribution in [0.4, 0.5) is 0 Å². The predicted molar refractivity (Wildman–Crippen MR) is 141 cm³/mol. The van der Waals surface area contributed by atoms with Crippen LogP contribution in [0.15, 0.2) is 0 Å². The predicted octanol–water partition coefficient (Wildman–Crippen LogP) is -6.79. The molecule has 7 aliphatic rings. The highest BCUT2D eigenvalue weighted by molar-refractivity contribution is 5.75. The average molecular weight is 701 g/mol. The maximum absolute atomic E-state index is 11.9. The first kappa shape index (κ1) is 35.1. The van der Waals surface area contributed by atoms with Crippen molar-refractivity contribution >= 4 is 5.97 Å². The van der Waals surface area contributed by atoms with Gasteiger partial charge in [0, 0.05) is 6.92 Å². The minimum Gasteiger partial charge on any atom is -0.477 e. The molecule has 0 radical (unpaired) electrons. The molecule has 0 amide bonds. The third-order valence-electron chi connectivity index (χ3n) is 9.76. The third-order valence-corrected chi connectivity index (χ3v) is 9.76. The molecule has 0 aromatic heterocycles. The summed E-state index contributed by atoms with van der Waals surface area (Å²) in [6, 6.07) is 0. The van der Waals surface area contributed by atoms with Crippen molar-refractivity contribution in [1.82, 2.24) is 0 Å². The lowest BCUT2D eigenvalue weighted by Gasteiger charge is -2.51. The highest BCUT2D eigenvalue weighted by Gasteiger charge is 2.61. The van der Waals surface area contributed by atoms with Gasteiger partial charge in [-0.3, -0.25) is 0 Å². The van der Waals surface area contributed by atoms with E-state index in [1.54, 1.807) is 0 Å². The number of rotatable bonds is 8. The summed E-state index contributed by atoms with van der Waals surface area (Å²) in [4.78, 5) is 11.9. The van der Waals surface area contributed by atoms with Gasteiger partial charge in [0.15, 0.2) is 25.2 Å². The van der Waals surface area contributed by atoms with Crippen LogP contribution in [-0.2, 0) is 56.9 Å². The SMILES string of the molecule is C[C@@]1(C(=O)O)OC[C@H]2O[C@@H](O[C@H]3[C@H]4OC[C@@H]3O[C@@H](O[C@@H]3[C@@H](O)[C@H](O)O[C@H](CO)[C@@H]3O)[C@H]4O)[C@H](O)[C@@H](O[C@@H]3O[C@H]4CO[C@@H]([C@@H]3O)[C@@H]4O)[C@H]2O1. The Morgan fingerprint density at radius 1 is 0.646 bits per heavy atom. The Bertz CT molecular complexity index is 1160. The van der Waals surface area contributed by atoms with Crippen LogP contribution in [0.25, 0.3) is 0 Å². The molecule has 7 saturated heterocycles. The second kappa shape index (κ2) is 13.4. The molecule has 274 valence electrons. The zero-order valence-electron chi connectivity index (χ0n) is 25.3. The molecule has 0 aromatic rings. The second-order valence-electron chi connectivity index (χ2n) is 12.9. The molecule has 0 saturated carbocycles. The number of carboxylic acid groups (broad SMARTS) is 1. The van der Waals surface area contributed by atoms with Gasteiger partial charge in [-0.1, -0.05) is 0 Å². The quantitative estimate of drug-likeness (QED) is 0.114. The molecular weight excluding hydrogens is 660 g/mol. The molecule has 7 fully saturated rings. The number of aliphatic hydroxyl groups is 8. The van der Waals surface area contributed by atoms with Crippen molar-refractivity contribution < 1.29 is 103 Å². The monoisotopic (exact) mass is 700 g/mol. The van der Waals surface area contributed by atoms with Crippen molar-refractivity contribution in [1.29, 1.82) is 0 Å². The standard InChI is InChI=1S/C27H40O21/c1-27(26(36)37)40-5-9-17(48-27)21(47-23-13(32)18-11(30)7(42-23)3-38-18)15(34)25(44-9)45-16-8-4-39-20(16)14(33)24(43-8)46-19-10(29)6(2-28)41-22(35)12(19)31/h6-25,28-35H,2-5H2,1H3,(H,36,37)/t6-,7+,8+,9-,10+,11-,12-,13+,14+,15-,16-,17+,18-,19+,20+,21-,22-,23+,24+,25+,27-/m1/s1. The Labute approximate surface area is 271 Å². The fraction of sp³-hybridized carbons (Fsp3) is 0.963. The summed E-state index contributed by atoms with van der Waals surface area (Å²) in [6.07, 6.45) is -27.4. The van der Waals surface area contributed by atoms with Crippen LogP contribution in [0, 0.1) is 0 Å². The lowest BCUT2D eigenvalue weighted by molar-refractivity contribution is -0.408. The lowest BCUT2D eigenvalue weighted by atomic mass is 9.95. The van der Waals surface area contributed by atoms with E-state index in [1.165, 1.54) is 0 Å². The average Bonchev–Trinajstić information content (AvgIpc) is 3.51. The van der Waals surface area contributed by atoms with Gasteiger partial charge in [0.25, 0.3) is 5.79 Å². The number of carboxylic acids is 1. The van der Waals surface area contributed by atoms with Crippen molar-refractivity contribution in [2.45, 2.75) is 136 Å². The summed E-state index contributed by atoms with van der Waals surface area (Å²) in [6.45, 7) is -0.0390. The number of aliphatic carboxylic acids is 1. The molecule has 21 nitrogen and oxygen atoms in total. The van der Waals surface area contributed by atoms with Gasteiger partial charge in [-0.2, -0.15) is 0 Å². The van der Waals surface area contributed by atoms with Crippen molar-refractivity contribution in [2.24, 2.45) is 0 Å². The summed E-state index contributed by atoms with van der Waals surface area (Å²) in [5.74, 6) is -3.61. The second-order valence-corrected chi connectivity index (χ2v) is 12.9. The Morgan fingerprint density at radius 2 is 1.23 bits per heavy atom. The highest BCUT2D eigenvalue weighted by atomic mass is 16.8. The molecule has 7 rings (SSSR count). The van der Waals surface area contributed by atoms with E-state index >= 15 is 0 Å². The number of hydrogen-bond donors (Lipinski definition) is 9. The van der Waals surface area contributed by atoms with E-state index in [2.05, 4.69) is 0 Å². The van der Waals surface area contributed by atoms with E-state index in [0.29, 0.717) is 0 Å². The maximum Gasteiger partial charge on any atom is 0.364 e. The highest BCUT2D eigenvalue weighted by Crippen LogP contribution is 2.41. The van der Waals surface area contributed by atoms with Crippen LogP contribution >= 0.6 is 0 Å². The van der Waals surface area contributed by atoms with Gasteiger partial charge in [-0.25, -0.2) is 4.79 Å². The molecule has 0 unspecified atom stereocenters. The number of fused-ring (bicyclic) bond motifs is 5. The topological polar surface area (TPSA) is 301 Å². The molecule has 0 aliphatic carbocycles. The summed E-state index contributed by atoms with van der Waals surface area (Å²) in [5.41, 5.74) is 0. The maximum atomic E-state index is 11.9. The number of ether oxygens (including phenoxy) is 11. The van der Waals surface area contributed by atoms with E-state index in [-0.39, 0.29) is 19.8 Å². The number of carbonyl (C=O) groups is 1. The molecule has 7 heterocycles. The Hall–Kier alpha value is -1.29. The van der Waals surface area contributed by atoms with E-state index in [9.17, 15) is 50.8 Å². The van der Waals surface area contributed by atoms with Gasteiger partial charge >= 0.3 is 5.97 Å². The molecule has 48 heavy (non-hydrogen) atoms. The zero-order chi connectivity index (χ0) is 34.2. The molecule has 4 bridgehead atoms. The molecule has 21 atom stereocenters. The zero-order valence-corrected chi connectivity index (χ0v) is 25.3. The first-order valence-corrected chi connectivity index (χ1v) is 15.5. The summed E-state index contributed by atoms with van der Waals surface area (Å²) in [5, 5.41) is 93.8. The van der Waals surface area contributed by atoms with Gasteiger partial charge in [0.05, 0.1) is 26.4 Å². The summed E-state index contributed by atoms with van der Waals surface area (Å²) in [7, 11) is 0. The van der Waals surface area contributed by atoms with E-state index in [4.69, 9.17) is 52.1 Å². The minimum atomic E-state index is -2.15. The Kier molecular flexibility index (Phi) is 9.77. The Balaban J connectivity index is 1.07. The van der Waals surface area contributed by atoms with Crippen LogP contribution in [0.3, 0.4) is 0 Å². The minimum absolute atomic E-state index is 0.0230. The van der Waals surface area contributed by atoms with Crippen LogP contribution in [0.1, 0.15) is 6.92 Å². The largest absolute Gasteiger partial charge is 0.477 e. The smallest absolute Gasteiger partial charge is 0.364 e. The van der Waals surface area contributed by atoms with Gasteiger partial charge < -0.3 is 98.1 Å². The van der Waals surface area contributed by atoms with Gasteiger partial charge in [-0.05, 0) is 0 Å². The van der Waals surface area contributed by atoms with Gasteiger partial charge in [0.1, 0.15) is 97.7 Å². The normalized spacial score (nSPS) is 56.5. The molecule has 9 N–H and O–H groups in total. The summed E-state index contributed by atoms with van der Waals surface area (Å²) >= 11 is 0. The molecule has 0 spiro atoms.